The summed E-state index contributed by atoms with van der Waals surface area (Å²) >= 11 is 0. The molecule has 4 aromatic heterocycles. The molecule has 2 N–H and O–H groups in total. The first kappa shape index (κ1) is 19.7. The van der Waals surface area contributed by atoms with E-state index in [4.69, 9.17) is 15.7 Å². The SMILES string of the molecule is CCc1ccc(-n2c(-c3cccnc3N)nc3ccc(-c4ccn(C)c(=O)c4)nc32)cc1. The number of nitrogens with zero attached hydrogens (tertiary/aromatic N) is 5. The molecule has 32 heavy (non-hydrogen) atoms. The molecule has 0 spiro atoms. The number of aryl methyl sites for hydroxylation is 2. The largest absolute Gasteiger partial charge is 0.383 e. The van der Waals surface area contributed by atoms with Crippen LogP contribution in [0.4, 0.5) is 5.82 Å². The Morgan fingerprint density at radius 2 is 1.81 bits per heavy atom. The Balaban J connectivity index is 1.78. The molecule has 0 fully saturated rings. The standard InChI is InChI=1S/C25H22N6O/c1-3-16-6-8-18(9-7-16)31-24(19-5-4-13-27-23(19)26)29-21-11-10-20(28-25(21)31)17-12-14-30(2)22(32)15-17/h4-15H,3H2,1-2H3,(H2,26,27). The lowest BCUT2D eigenvalue weighted by Gasteiger charge is -2.11. The minimum Gasteiger partial charge on any atom is -0.383 e. The Bertz CT molecular complexity index is 1500. The van der Waals surface area contributed by atoms with Crippen LogP contribution in [-0.4, -0.2) is 24.1 Å². The van der Waals surface area contributed by atoms with Crippen molar-refractivity contribution in [2.24, 2.45) is 7.05 Å². The molecule has 0 bridgehead atoms. The van der Waals surface area contributed by atoms with Crippen molar-refractivity contribution >= 4 is 17.0 Å². The number of hydrogen-bond donors (Lipinski definition) is 1. The molecular formula is C25H22N6O. The summed E-state index contributed by atoms with van der Waals surface area (Å²) in [5.74, 6) is 1.07. The summed E-state index contributed by atoms with van der Waals surface area (Å²) in [6, 6.07) is 19.3. The molecule has 0 saturated heterocycles. The first-order valence-electron chi connectivity index (χ1n) is 10.4. The molecule has 0 aliphatic carbocycles. The molecule has 5 rings (SSSR count). The summed E-state index contributed by atoms with van der Waals surface area (Å²) in [5.41, 5.74) is 11.9. The average molecular weight is 422 g/mol. The van der Waals surface area contributed by atoms with Gasteiger partial charge in [0.2, 0.25) is 0 Å². The average Bonchev–Trinajstić information content (AvgIpc) is 3.19. The lowest BCUT2D eigenvalue weighted by atomic mass is 10.1. The maximum absolute atomic E-state index is 12.1. The Labute approximate surface area is 184 Å². The van der Waals surface area contributed by atoms with Crippen molar-refractivity contribution in [2.45, 2.75) is 13.3 Å². The van der Waals surface area contributed by atoms with Crippen molar-refractivity contribution in [1.29, 1.82) is 0 Å². The van der Waals surface area contributed by atoms with Gasteiger partial charge in [-0.1, -0.05) is 19.1 Å². The van der Waals surface area contributed by atoms with E-state index in [9.17, 15) is 4.79 Å². The second-order valence-electron chi connectivity index (χ2n) is 7.63. The molecule has 0 unspecified atom stereocenters. The molecule has 7 heteroatoms. The fourth-order valence-electron chi connectivity index (χ4n) is 3.74. The van der Waals surface area contributed by atoms with E-state index in [1.165, 1.54) is 10.1 Å². The molecular weight excluding hydrogens is 400 g/mol. The number of nitrogen functional groups attached to an aromatic ring is 1. The van der Waals surface area contributed by atoms with Crippen LogP contribution >= 0.6 is 0 Å². The number of aromatic nitrogens is 5. The quantitative estimate of drug-likeness (QED) is 0.473. The van der Waals surface area contributed by atoms with Crippen LogP contribution in [0.5, 0.6) is 0 Å². The van der Waals surface area contributed by atoms with Crippen LogP contribution in [0, 0.1) is 0 Å². The molecule has 0 atom stereocenters. The van der Waals surface area contributed by atoms with Crippen molar-refractivity contribution in [3.8, 4) is 28.3 Å². The third-order valence-corrected chi connectivity index (χ3v) is 5.59. The molecule has 158 valence electrons. The smallest absolute Gasteiger partial charge is 0.250 e. The molecule has 0 radical (unpaired) electrons. The number of imidazole rings is 1. The third kappa shape index (κ3) is 3.33. The topological polar surface area (TPSA) is 91.6 Å². The van der Waals surface area contributed by atoms with Crippen molar-refractivity contribution in [3.63, 3.8) is 0 Å². The van der Waals surface area contributed by atoms with Gasteiger partial charge in [-0.15, -0.1) is 0 Å². The zero-order valence-corrected chi connectivity index (χ0v) is 17.9. The van der Waals surface area contributed by atoms with E-state index < -0.39 is 0 Å². The Morgan fingerprint density at radius 1 is 1.00 bits per heavy atom. The predicted molar refractivity (Wildman–Crippen MR) is 127 cm³/mol. The van der Waals surface area contributed by atoms with E-state index in [-0.39, 0.29) is 5.56 Å². The molecule has 0 saturated carbocycles. The van der Waals surface area contributed by atoms with Gasteiger partial charge in [0.25, 0.3) is 5.56 Å². The highest BCUT2D eigenvalue weighted by Gasteiger charge is 2.18. The number of rotatable bonds is 4. The first-order chi connectivity index (χ1) is 15.5. The van der Waals surface area contributed by atoms with Crippen LogP contribution in [0.25, 0.3) is 39.5 Å². The third-order valence-electron chi connectivity index (χ3n) is 5.59. The number of nitrogens with two attached hydrogens (primary N) is 1. The number of benzene rings is 1. The first-order valence-corrected chi connectivity index (χ1v) is 10.4. The molecule has 0 amide bonds. The van der Waals surface area contributed by atoms with Crippen molar-refractivity contribution in [2.75, 3.05) is 5.73 Å². The minimum atomic E-state index is -0.0862. The van der Waals surface area contributed by atoms with Crippen LogP contribution in [0.2, 0.25) is 0 Å². The molecule has 5 aromatic rings. The van der Waals surface area contributed by atoms with Crippen LogP contribution in [0.1, 0.15) is 12.5 Å². The lowest BCUT2D eigenvalue weighted by molar-refractivity contribution is 0.861. The van der Waals surface area contributed by atoms with Gasteiger partial charge < -0.3 is 10.3 Å². The van der Waals surface area contributed by atoms with Crippen LogP contribution in [-0.2, 0) is 13.5 Å². The predicted octanol–water partition coefficient (Wildman–Crippen LogP) is 3.99. The van der Waals surface area contributed by atoms with Gasteiger partial charge in [0.05, 0.1) is 11.3 Å². The van der Waals surface area contributed by atoms with E-state index in [1.54, 1.807) is 25.5 Å². The molecule has 0 aliphatic rings. The normalized spacial score (nSPS) is 11.2. The van der Waals surface area contributed by atoms with Gasteiger partial charge in [-0.2, -0.15) is 0 Å². The van der Waals surface area contributed by atoms with E-state index in [1.807, 2.05) is 34.9 Å². The van der Waals surface area contributed by atoms with Gasteiger partial charge in [0.15, 0.2) is 11.5 Å². The minimum absolute atomic E-state index is 0.0862. The number of anilines is 1. The van der Waals surface area contributed by atoms with Crippen LogP contribution in [0.3, 0.4) is 0 Å². The lowest BCUT2D eigenvalue weighted by Crippen LogP contribution is -2.14. The highest BCUT2D eigenvalue weighted by atomic mass is 16.1. The molecule has 0 aliphatic heterocycles. The van der Waals surface area contributed by atoms with Gasteiger partial charge in [-0.25, -0.2) is 15.0 Å². The highest BCUT2D eigenvalue weighted by molar-refractivity contribution is 5.84. The highest BCUT2D eigenvalue weighted by Crippen LogP contribution is 2.31. The fraction of sp³-hybridized carbons (Fsp3) is 0.120. The fourth-order valence-corrected chi connectivity index (χ4v) is 3.74. The Morgan fingerprint density at radius 3 is 2.53 bits per heavy atom. The van der Waals surface area contributed by atoms with E-state index in [2.05, 4.69) is 36.2 Å². The summed E-state index contributed by atoms with van der Waals surface area (Å²) in [6.07, 6.45) is 4.36. The van der Waals surface area contributed by atoms with Crippen LogP contribution in [0.15, 0.2) is 77.9 Å². The number of fused-ring (bicyclic) bond motifs is 1. The molecule has 1 aromatic carbocycles. The molecule has 4 heterocycles. The Kier molecular flexibility index (Phi) is 4.78. The summed E-state index contributed by atoms with van der Waals surface area (Å²) in [7, 11) is 1.72. The van der Waals surface area contributed by atoms with E-state index in [0.29, 0.717) is 23.0 Å². The van der Waals surface area contributed by atoms with Crippen molar-refractivity contribution < 1.29 is 0 Å². The Hall–Kier alpha value is -4.26. The summed E-state index contributed by atoms with van der Waals surface area (Å²) in [4.78, 5) is 26.1. The van der Waals surface area contributed by atoms with Crippen molar-refractivity contribution in [1.82, 2.24) is 24.1 Å². The zero-order valence-electron chi connectivity index (χ0n) is 17.9. The van der Waals surface area contributed by atoms with Gasteiger partial charge in [0.1, 0.15) is 11.3 Å². The zero-order chi connectivity index (χ0) is 22.2. The van der Waals surface area contributed by atoms with Gasteiger partial charge in [0, 0.05) is 36.8 Å². The maximum atomic E-state index is 12.1. The monoisotopic (exact) mass is 422 g/mol. The summed E-state index contributed by atoms with van der Waals surface area (Å²) in [5, 5.41) is 0. The van der Waals surface area contributed by atoms with E-state index >= 15 is 0 Å². The van der Waals surface area contributed by atoms with Crippen LogP contribution < -0.4 is 11.3 Å². The van der Waals surface area contributed by atoms with Gasteiger partial charge >= 0.3 is 0 Å². The number of pyridine rings is 3. The summed E-state index contributed by atoms with van der Waals surface area (Å²) < 4.78 is 3.53. The van der Waals surface area contributed by atoms with Gasteiger partial charge in [-0.3, -0.25) is 9.36 Å². The second kappa shape index (κ2) is 7.77. The molecule has 7 nitrogen and oxygen atoms in total. The second-order valence-corrected chi connectivity index (χ2v) is 7.63. The summed E-state index contributed by atoms with van der Waals surface area (Å²) in [6.45, 7) is 2.13. The van der Waals surface area contributed by atoms with Crippen molar-refractivity contribution in [3.05, 3.63) is 89.0 Å². The van der Waals surface area contributed by atoms with E-state index in [0.717, 1.165) is 28.8 Å². The number of hydrogen-bond acceptors (Lipinski definition) is 5. The van der Waals surface area contributed by atoms with Gasteiger partial charge in [-0.05, 0) is 54.4 Å². The maximum Gasteiger partial charge on any atom is 0.250 e.